The van der Waals surface area contributed by atoms with Crippen molar-refractivity contribution in [2.45, 2.75) is 16.7 Å². The average molecular weight is 480 g/mol. The van der Waals surface area contributed by atoms with E-state index in [9.17, 15) is 14.4 Å². The van der Waals surface area contributed by atoms with E-state index in [-0.39, 0.29) is 23.0 Å². The van der Waals surface area contributed by atoms with Crippen molar-refractivity contribution < 1.29 is 19.1 Å². The topological polar surface area (TPSA) is 72.5 Å². The first-order valence-electron chi connectivity index (χ1n) is 11.0. The van der Waals surface area contributed by atoms with Crippen molar-refractivity contribution >= 4 is 34.9 Å². The van der Waals surface area contributed by atoms with Crippen molar-refractivity contribution in [3.8, 4) is 5.75 Å². The Kier molecular flexibility index (Phi) is 5.97. The third-order valence-electron chi connectivity index (χ3n) is 5.88. The van der Waals surface area contributed by atoms with Gasteiger partial charge < -0.3 is 10.1 Å². The fourth-order valence-corrected chi connectivity index (χ4v) is 5.12. The number of anilines is 1. The molecule has 0 bridgehead atoms. The molecule has 6 heteroatoms. The number of ketones is 2. The summed E-state index contributed by atoms with van der Waals surface area (Å²) in [6.07, 6.45) is 0. The highest BCUT2D eigenvalue weighted by molar-refractivity contribution is 7.99. The molecule has 0 saturated heterocycles. The number of aryl methyl sites for hydroxylation is 1. The lowest BCUT2D eigenvalue weighted by molar-refractivity contribution is 0.0975. The minimum atomic E-state index is -0.369. The van der Waals surface area contributed by atoms with Gasteiger partial charge in [-0.2, -0.15) is 0 Å². The molecular weight excluding hydrogens is 458 g/mol. The van der Waals surface area contributed by atoms with E-state index < -0.39 is 0 Å². The van der Waals surface area contributed by atoms with Gasteiger partial charge in [-0.1, -0.05) is 53.7 Å². The zero-order valence-corrected chi connectivity index (χ0v) is 19.9. The van der Waals surface area contributed by atoms with Gasteiger partial charge in [-0.05, 0) is 55.5 Å². The van der Waals surface area contributed by atoms with Crippen molar-refractivity contribution in [1.29, 1.82) is 0 Å². The summed E-state index contributed by atoms with van der Waals surface area (Å²) < 4.78 is 5.18. The van der Waals surface area contributed by atoms with Crippen LogP contribution in [0.4, 0.5) is 5.69 Å². The van der Waals surface area contributed by atoms with Gasteiger partial charge in [-0.25, -0.2) is 0 Å². The van der Waals surface area contributed by atoms with E-state index in [1.54, 1.807) is 67.8 Å². The standard InChI is InChI=1S/C29H21NO4S/c1-17-7-13-20(14-8-17)35-28-24(29(33)30-18-9-11-19(34-2)12-10-18)16-15-23-25(28)27(32)22-6-4-3-5-21(22)26(23)31/h3-16H,1-2H3,(H,30,33). The minimum absolute atomic E-state index is 0.219. The van der Waals surface area contributed by atoms with Gasteiger partial charge in [0, 0.05) is 37.7 Å². The first-order valence-corrected chi connectivity index (χ1v) is 11.8. The summed E-state index contributed by atoms with van der Waals surface area (Å²) in [7, 11) is 1.58. The van der Waals surface area contributed by atoms with Crippen LogP contribution in [0.1, 0.15) is 47.8 Å². The van der Waals surface area contributed by atoms with Crippen molar-refractivity contribution in [1.82, 2.24) is 0 Å². The number of nitrogens with one attached hydrogen (secondary N) is 1. The number of benzene rings is 4. The Morgan fingerprint density at radius 1 is 0.771 bits per heavy atom. The summed E-state index contributed by atoms with van der Waals surface area (Å²) in [5.41, 5.74) is 3.32. The normalized spacial score (nSPS) is 12.1. The Balaban J connectivity index is 1.62. The Hall–Kier alpha value is -4.16. The molecule has 1 aliphatic carbocycles. The molecule has 0 aliphatic heterocycles. The third kappa shape index (κ3) is 4.24. The quantitative estimate of drug-likeness (QED) is 0.326. The van der Waals surface area contributed by atoms with Crippen molar-refractivity contribution in [2.75, 3.05) is 12.4 Å². The van der Waals surface area contributed by atoms with E-state index in [1.165, 1.54) is 11.8 Å². The van der Waals surface area contributed by atoms with Gasteiger partial charge in [-0.15, -0.1) is 0 Å². The van der Waals surface area contributed by atoms with Gasteiger partial charge in [0.25, 0.3) is 5.91 Å². The summed E-state index contributed by atoms with van der Waals surface area (Å²) in [5, 5.41) is 2.89. The van der Waals surface area contributed by atoms with Crippen molar-refractivity contribution in [3.05, 3.63) is 118 Å². The predicted octanol–water partition coefficient (Wildman–Crippen LogP) is 6.18. The number of carbonyl (C=O) groups is 3. The Labute approximate surface area is 207 Å². The smallest absolute Gasteiger partial charge is 0.256 e. The molecule has 0 atom stereocenters. The van der Waals surface area contributed by atoms with Crippen LogP contribution in [0.3, 0.4) is 0 Å². The van der Waals surface area contributed by atoms with Crippen LogP contribution in [0.25, 0.3) is 0 Å². The SMILES string of the molecule is COc1ccc(NC(=O)c2ccc3c(c2Sc2ccc(C)cc2)C(=O)c2ccccc2C3=O)cc1. The molecule has 4 aromatic carbocycles. The van der Waals surface area contributed by atoms with Gasteiger partial charge in [-0.3, -0.25) is 14.4 Å². The Morgan fingerprint density at radius 3 is 2.09 bits per heavy atom. The summed E-state index contributed by atoms with van der Waals surface area (Å²) in [6, 6.07) is 24.8. The summed E-state index contributed by atoms with van der Waals surface area (Å²) in [4.78, 5) is 41.6. The number of methoxy groups -OCH3 is 1. The maximum Gasteiger partial charge on any atom is 0.256 e. The molecule has 1 N–H and O–H groups in total. The van der Waals surface area contributed by atoms with Crippen LogP contribution in [0.5, 0.6) is 5.75 Å². The van der Waals surface area contributed by atoms with Crippen LogP contribution < -0.4 is 10.1 Å². The first kappa shape index (κ1) is 22.6. The van der Waals surface area contributed by atoms with E-state index in [1.807, 2.05) is 31.2 Å². The highest BCUT2D eigenvalue weighted by Gasteiger charge is 2.34. The van der Waals surface area contributed by atoms with E-state index in [2.05, 4.69) is 5.32 Å². The molecule has 0 spiro atoms. The Bertz CT molecular complexity index is 1470. The van der Waals surface area contributed by atoms with Crippen LogP contribution in [0.15, 0.2) is 94.7 Å². The average Bonchev–Trinajstić information content (AvgIpc) is 2.88. The fraction of sp³-hybridized carbons (Fsp3) is 0.0690. The number of carbonyl (C=O) groups excluding carboxylic acids is 3. The summed E-state index contributed by atoms with van der Waals surface area (Å²) in [6.45, 7) is 1.99. The molecule has 5 nitrogen and oxygen atoms in total. The lowest BCUT2D eigenvalue weighted by Gasteiger charge is -2.22. The van der Waals surface area contributed by atoms with Gasteiger partial charge >= 0.3 is 0 Å². The number of fused-ring (bicyclic) bond motifs is 2. The monoisotopic (exact) mass is 479 g/mol. The van der Waals surface area contributed by atoms with E-state index in [4.69, 9.17) is 4.74 Å². The second kappa shape index (κ2) is 9.24. The second-order valence-electron chi connectivity index (χ2n) is 8.17. The molecule has 1 aliphatic rings. The van der Waals surface area contributed by atoms with Gasteiger partial charge in [0.1, 0.15) is 5.75 Å². The van der Waals surface area contributed by atoms with Crippen LogP contribution in [0.2, 0.25) is 0 Å². The highest BCUT2D eigenvalue weighted by Crippen LogP contribution is 2.40. The van der Waals surface area contributed by atoms with Gasteiger partial charge in [0.15, 0.2) is 11.6 Å². The molecular formula is C29H21NO4S. The third-order valence-corrected chi connectivity index (χ3v) is 7.02. The zero-order valence-electron chi connectivity index (χ0n) is 19.1. The first-order chi connectivity index (χ1) is 17.0. The molecule has 172 valence electrons. The van der Waals surface area contributed by atoms with Gasteiger partial charge in [0.2, 0.25) is 0 Å². The highest BCUT2D eigenvalue weighted by atomic mass is 32.2. The zero-order chi connectivity index (χ0) is 24.5. The Morgan fingerprint density at radius 2 is 1.43 bits per heavy atom. The van der Waals surface area contributed by atoms with Crippen LogP contribution >= 0.6 is 11.8 Å². The lowest BCUT2D eigenvalue weighted by atomic mass is 9.83. The van der Waals surface area contributed by atoms with Crippen LogP contribution in [0, 0.1) is 6.92 Å². The number of hydrogen-bond donors (Lipinski definition) is 1. The maximum atomic E-state index is 13.6. The molecule has 0 fully saturated rings. The predicted molar refractivity (Wildman–Crippen MR) is 136 cm³/mol. The second-order valence-corrected chi connectivity index (χ2v) is 9.25. The van der Waals surface area contributed by atoms with Crippen LogP contribution in [-0.2, 0) is 0 Å². The summed E-state index contributed by atoms with van der Waals surface area (Å²) in [5.74, 6) is -0.172. The molecule has 0 saturated carbocycles. The minimum Gasteiger partial charge on any atom is -0.497 e. The van der Waals surface area contributed by atoms with Crippen LogP contribution in [-0.4, -0.2) is 24.6 Å². The fourth-order valence-electron chi connectivity index (χ4n) is 4.04. The largest absolute Gasteiger partial charge is 0.497 e. The number of hydrogen-bond acceptors (Lipinski definition) is 5. The van der Waals surface area contributed by atoms with E-state index in [0.717, 1.165) is 10.5 Å². The van der Waals surface area contributed by atoms with E-state index >= 15 is 0 Å². The summed E-state index contributed by atoms with van der Waals surface area (Å²) >= 11 is 1.31. The lowest BCUT2D eigenvalue weighted by Crippen LogP contribution is -2.24. The van der Waals surface area contributed by atoms with Crippen molar-refractivity contribution in [2.24, 2.45) is 0 Å². The molecule has 5 rings (SSSR count). The molecule has 35 heavy (non-hydrogen) atoms. The number of amides is 1. The van der Waals surface area contributed by atoms with Crippen molar-refractivity contribution in [3.63, 3.8) is 0 Å². The molecule has 0 heterocycles. The maximum absolute atomic E-state index is 13.6. The molecule has 4 aromatic rings. The number of rotatable bonds is 5. The molecule has 0 unspecified atom stereocenters. The van der Waals surface area contributed by atoms with Gasteiger partial charge in [0.05, 0.1) is 12.7 Å². The molecule has 1 amide bonds. The van der Waals surface area contributed by atoms with E-state index in [0.29, 0.717) is 38.6 Å². The molecule has 0 radical (unpaired) electrons. The number of ether oxygens (including phenoxy) is 1. The molecule has 0 aromatic heterocycles.